The Morgan fingerprint density at radius 1 is 0.513 bits per heavy atom. The second-order valence-corrected chi connectivity index (χ2v) is 9.75. The van der Waals surface area contributed by atoms with Crippen LogP contribution in [0.1, 0.15) is 27.8 Å². The van der Waals surface area contributed by atoms with Crippen LogP contribution >= 0.6 is 0 Å². The molecule has 4 N–H and O–H groups in total. The zero-order chi connectivity index (χ0) is 27.6. The maximum atomic E-state index is 9.96. The number of anilines is 2. The first-order valence-electron chi connectivity index (χ1n) is 13.1. The van der Waals surface area contributed by atoms with E-state index in [4.69, 9.17) is 0 Å². The molecule has 5 rings (SSSR count). The first-order chi connectivity index (χ1) is 18.9. The molecule has 0 spiro atoms. The predicted octanol–water partition coefficient (Wildman–Crippen LogP) is 8.60. The van der Waals surface area contributed by atoms with E-state index in [0.717, 1.165) is 39.2 Å². The highest BCUT2D eigenvalue weighted by Crippen LogP contribution is 2.29. The molecule has 0 aliphatic carbocycles. The van der Waals surface area contributed by atoms with E-state index >= 15 is 0 Å². The normalized spacial score (nSPS) is 10.3. The lowest BCUT2D eigenvalue weighted by molar-refractivity contribution is 0.468. The molecule has 4 heteroatoms. The summed E-state index contributed by atoms with van der Waals surface area (Å²) in [5.41, 5.74) is 9.84. The number of rotatable bonds is 7. The molecule has 198 valence electrons. The highest BCUT2D eigenvalue weighted by Gasteiger charge is 2.06. The third-order valence-corrected chi connectivity index (χ3v) is 6.49. The molecule has 0 aliphatic rings. The quantitative estimate of drug-likeness (QED) is 0.175. The van der Waals surface area contributed by atoms with Crippen LogP contribution in [0.4, 0.5) is 11.4 Å². The smallest absolute Gasteiger partial charge is 0.120 e. The Balaban J connectivity index is 0.000000187. The van der Waals surface area contributed by atoms with Crippen molar-refractivity contribution >= 4 is 11.4 Å². The lowest BCUT2D eigenvalue weighted by Crippen LogP contribution is -2.01. The van der Waals surface area contributed by atoms with Gasteiger partial charge in [-0.1, -0.05) is 102 Å². The molecule has 5 aromatic rings. The Morgan fingerprint density at radius 3 is 1.64 bits per heavy atom. The van der Waals surface area contributed by atoms with E-state index in [1.54, 1.807) is 12.1 Å². The number of aromatic hydroxyl groups is 2. The molecule has 39 heavy (non-hydrogen) atoms. The summed E-state index contributed by atoms with van der Waals surface area (Å²) in [6.07, 6.45) is 0. The topological polar surface area (TPSA) is 64.5 Å². The molecule has 0 radical (unpaired) electrons. The van der Waals surface area contributed by atoms with Crippen molar-refractivity contribution in [2.45, 2.75) is 33.9 Å². The van der Waals surface area contributed by atoms with E-state index in [0.29, 0.717) is 24.6 Å². The van der Waals surface area contributed by atoms with E-state index in [1.807, 2.05) is 80.6 Å². The summed E-state index contributed by atoms with van der Waals surface area (Å²) in [4.78, 5) is 0. The van der Waals surface area contributed by atoms with Gasteiger partial charge in [0.05, 0.1) is 0 Å². The minimum atomic E-state index is 0.329. The van der Waals surface area contributed by atoms with Gasteiger partial charge in [0.2, 0.25) is 0 Å². The number of phenols is 2. The van der Waals surface area contributed by atoms with Crippen molar-refractivity contribution in [1.29, 1.82) is 0 Å². The minimum absolute atomic E-state index is 0.329. The van der Waals surface area contributed by atoms with E-state index in [2.05, 4.69) is 54.0 Å². The number of phenolic OH excluding ortho intramolecular Hbond substituents is 2. The highest BCUT2D eigenvalue weighted by atomic mass is 16.3. The van der Waals surface area contributed by atoms with Gasteiger partial charge >= 0.3 is 0 Å². The molecule has 0 bridgehead atoms. The van der Waals surface area contributed by atoms with Crippen LogP contribution in [0.2, 0.25) is 0 Å². The third-order valence-electron chi connectivity index (χ3n) is 6.49. The Labute approximate surface area is 231 Å². The Bertz CT molecular complexity index is 1500. The molecule has 0 aliphatic heterocycles. The fraction of sp³-hybridized carbons (Fsp3) is 0.143. The largest absolute Gasteiger partial charge is 0.508 e. The second-order valence-electron chi connectivity index (χ2n) is 9.75. The van der Waals surface area contributed by atoms with Gasteiger partial charge in [-0.05, 0) is 56.7 Å². The van der Waals surface area contributed by atoms with Gasteiger partial charge in [-0.3, -0.25) is 0 Å². The maximum Gasteiger partial charge on any atom is 0.120 e. The molecule has 0 saturated heterocycles. The Hall–Kier alpha value is -4.70. The van der Waals surface area contributed by atoms with Crippen molar-refractivity contribution < 1.29 is 10.2 Å². The summed E-state index contributed by atoms with van der Waals surface area (Å²) in [6.45, 7) is 7.35. The van der Waals surface area contributed by atoms with Crippen LogP contribution in [0.25, 0.3) is 11.1 Å². The van der Waals surface area contributed by atoms with Crippen LogP contribution in [0.5, 0.6) is 11.5 Å². The fourth-order valence-electron chi connectivity index (χ4n) is 4.28. The van der Waals surface area contributed by atoms with Gasteiger partial charge < -0.3 is 20.8 Å². The number of benzene rings is 5. The van der Waals surface area contributed by atoms with Crippen LogP contribution in [0.3, 0.4) is 0 Å². The lowest BCUT2D eigenvalue weighted by atomic mass is 10.0. The van der Waals surface area contributed by atoms with Crippen molar-refractivity contribution in [2.24, 2.45) is 0 Å². The fourth-order valence-corrected chi connectivity index (χ4v) is 4.28. The van der Waals surface area contributed by atoms with E-state index in [9.17, 15) is 10.2 Å². The first kappa shape index (κ1) is 27.3. The van der Waals surface area contributed by atoms with Gasteiger partial charge in [0.1, 0.15) is 11.5 Å². The number of hydrogen-bond acceptors (Lipinski definition) is 4. The molecule has 0 atom stereocenters. The van der Waals surface area contributed by atoms with Gasteiger partial charge in [0.25, 0.3) is 0 Å². The van der Waals surface area contributed by atoms with E-state index in [-0.39, 0.29) is 0 Å². The molecular formula is C35H36N2O2. The van der Waals surface area contributed by atoms with Crippen LogP contribution < -0.4 is 10.6 Å². The zero-order valence-electron chi connectivity index (χ0n) is 22.8. The summed E-state index contributed by atoms with van der Waals surface area (Å²) in [5.74, 6) is 0.672. The van der Waals surface area contributed by atoms with Crippen molar-refractivity contribution in [2.75, 3.05) is 10.6 Å². The SMILES string of the molecule is Cc1ccc(NCc2cc(C)ccc2O)cc1.Cc1ccc(O)c(CNc2ccccc2-c2ccccc2)c1. The Kier molecular flexibility index (Phi) is 9.25. The van der Waals surface area contributed by atoms with Crippen LogP contribution in [-0.2, 0) is 13.1 Å². The van der Waals surface area contributed by atoms with Gasteiger partial charge in [0.15, 0.2) is 0 Å². The molecule has 0 aromatic heterocycles. The van der Waals surface area contributed by atoms with Gasteiger partial charge in [-0.15, -0.1) is 0 Å². The summed E-state index contributed by atoms with van der Waals surface area (Å²) in [6, 6.07) is 38.1. The first-order valence-corrected chi connectivity index (χ1v) is 13.1. The molecule has 4 nitrogen and oxygen atoms in total. The third kappa shape index (κ3) is 7.89. The van der Waals surface area contributed by atoms with E-state index in [1.165, 1.54) is 11.1 Å². The Morgan fingerprint density at radius 2 is 1.03 bits per heavy atom. The van der Waals surface area contributed by atoms with Gasteiger partial charge in [-0.2, -0.15) is 0 Å². The zero-order valence-corrected chi connectivity index (χ0v) is 22.8. The summed E-state index contributed by atoms with van der Waals surface area (Å²) in [7, 11) is 0. The van der Waals surface area contributed by atoms with Crippen LogP contribution in [-0.4, -0.2) is 10.2 Å². The lowest BCUT2D eigenvalue weighted by Gasteiger charge is -2.13. The highest BCUT2D eigenvalue weighted by molar-refractivity contribution is 5.77. The van der Waals surface area contributed by atoms with Crippen molar-refractivity contribution in [3.63, 3.8) is 0 Å². The van der Waals surface area contributed by atoms with Crippen molar-refractivity contribution in [3.05, 3.63) is 143 Å². The molecular weight excluding hydrogens is 480 g/mol. The summed E-state index contributed by atoms with van der Waals surface area (Å²) in [5, 5.41) is 26.4. The van der Waals surface area contributed by atoms with E-state index < -0.39 is 0 Å². The molecule has 0 heterocycles. The molecule has 0 amide bonds. The van der Waals surface area contributed by atoms with Crippen LogP contribution in [0, 0.1) is 20.8 Å². The number of para-hydroxylation sites is 1. The standard InChI is InChI=1S/C20H19NO.C15H17NO/c1-15-11-12-20(22)17(13-15)14-21-19-10-6-5-9-18(19)16-7-3-2-4-8-16;1-11-3-6-14(7-4-11)16-10-13-9-12(2)5-8-15(13)17/h2-13,21-22H,14H2,1H3;3-9,16-17H,10H2,1-2H3. The molecule has 5 aromatic carbocycles. The molecule has 0 saturated carbocycles. The minimum Gasteiger partial charge on any atom is -0.508 e. The molecule has 0 unspecified atom stereocenters. The number of aryl methyl sites for hydroxylation is 3. The predicted molar refractivity (Wildman–Crippen MR) is 163 cm³/mol. The van der Waals surface area contributed by atoms with Gasteiger partial charge in [-0.25, -0.2) is 0 Å². The average molecular weight is 517 g/mol. The second kappa shape index (κ2) is 13.2. The average Bonchev–Trinajstić information content (AvgIpc) is 2.96. The van der Waals surface area contributed by atoms with Gasteiger partial charge in [0, 0.05) is 41.2 Å². The number of nitrogens with one attached hydrogen (secondary N) is 2. The monoisotopic (exact) mass is 516 g/mol. The molecule has 0 fully saturated rings. The number of hydrogen-bond donors (Lipinski definition) is 4. The maximum absolute atomic E-state index is 9.96. The van der Waals surface area contributed by atoms with Crippen molar-refractivity contribution in [3.8, 4) is 22.6 Å². The van der Waals surface area contributed by atoms with Crippen LogP contribution in [0.15, 0.2) is 115 Å². The summed E-state index contributed by atoms with van der Waals surface area (Å²) < 4.78 is 0. The van der Waals surface area contributed by atoms with Crippen molar-refractivity contribution in [1.82, 2.24) is 0 Å². The summed E-state index contributed by atoms with van der Waals surface area (Å²) >= 11 is 0.